The third kappa shape index (κ3) is 3.98. The molecule has 0 bridgehead atoms. The van der Waals surface area contributed by atoms with Crippen LogP contribution in [0.5, 0.6) is 5.75 Å². The molecule has 10 heteroatoms. The number of rotatable bonds is 8. The van der Waals surface area contributed by atoms with Gasteiger partial charge in [0.25, 0.3) is 5.56 Å². The summed E-state index contributed by atoms with van der Waals surface area (Å²) in [6.07, 6.45) is 0.627. The number of imidazole rings is 1. The second-order valence-electron chi connectivity index (χ2n) is 6.75. The number of nitrogens with zero attached hydrogens (tertiary/aromatic N) is 3. The van der Waals surface area contributed by atoms with Crippen LogP contribution in [0.2, 0.25) is 0 Å². The molecule has 156 valence electrons. The van der Waals surface area contributed by atoms with Gasteiger partial charge in [-0.1, -0.05) is 18.2 Å². The summed E-state index contributed by atoms with van der Waals surface area (Å²) in [4.78, 5) is 31.1. The van der Waals surface area contributed by atoms with Gasteiger partial charge in [0.2, 0.25) is 5.95 Å². The zero-order valence-electron chi connectivity index (χ0n) is 16.2. The summed E-state index contributed by atoms with van der Waals surface area (Å²) in [7, 11) is 1.52. The van der Waals surface area contributed by atoms with Gasteiger partial charge < -0.3 is 24.1 Å². The highest BCUT2D eigenvalue weighted by Crippen LogP contribution is 2.18. The molecule has 0 fully saturated rings. The van der Waals surface area contributed by atoms with Gasteiger partial charge >= 0.3 is 5.69 Å². The van der Waals surface area contributed by atoms with E-state index < -0.39 is 17.4 Å². The first kappa shape index (κ1) is 19.5. The SMILES string of the molecule is Cn1c(=O)[nH]c(=O)c2c1nc(NCc1ccco1)n2C[C@@H](O)COc1ccccc1. The Hall–Kier alpha value is -3.79. The lowest BCUT2D eigenvalue weighted by molar-refractivity contribution is 0.0938. The van der Waals surface area contributed by atoms with Crippen molar-refractivity contribution in [2.45, 2.75) is 19.2 Å². The fourth-order valence-corrected chi connectivity index (χ4v) is 3.10. The topological polar surface area (TPSA) is 127 Å². The maximum absolute atomic E-state index is 12.5. The number of hydrogen-bond acceptors (Lipinski definition) is 7. The van der Waals surface area contributed by atoms with Crippen molar-refractivity contribution in [2.24, 2.45) is 7.05 Å². The minimum absolute atomic E-state index is 0.0188. The Morgan fingerprint density at radius 1 is 1.23 bits per heavy atom. The highest BCUT2D eigenvalue weighted by atomic mass is 16.5. The molecular formula is C20H21N5O5. The van der Waals surface area contributed by atoms with Gasteiger partial charge in [-0.3, -0.25) is 14.3 Å². The molecule has 0 amide bonds. The van der Waals surface area contributed by atoms with Crippen molar-refractivity contribution in [3.8, 4) is 5.75 Å². The molecule has 4 rings (SSSR count). The van der Waals surface area contributed by atoms with Gasteiger partial charge in [0.15, 0.2) is 11.2 Å². The van der Waals surface area contributed by atoms with Gasteiger partial charge in [-0.15, -0.1) is 0 Å². The lowest BCUT2D eigenvalue weighted by Crippen LogP contribution is -2.30. The van der Waals surface area contributed by atoms with Gasteiger partial charge in [-0.25, -0.2) is 4.79 Å². The van der Waals surface area contributed by atoms with Crippen LogP contribution >= 0.6 is 0 Å². The van der Waals surface area contributed by atoms with E-state index in [-0.39, 0.29) is 24.3 Å². The largest absolute Gasteiger partial charge is 0.491 e. The van der Waals surface area contributed by atoms with Crippen molar-refractivity contribution in [3.63, 3.8) is 0 Å². The van der Waals surface area contributed by atoms with E-state index in [1.165, 1.54) is 16.2 Å². The Balaban J connectivity index is 1.63. The number of anilines is 1. The second-order valence-corrected chi connectivity index (χ2v) is 6.75. The van der Waals surface area contributed by atoms with Crippen molar-refractivity contribution in [3.05, 3.63) is 75.3 Å². The summed E-state index contributed by atoms with van der Waals surface area (Å²) in [5.74, 6) is 1.62. The summed E-state index contributed by atoms with van der Waals surface area (Å²) in [6, 6.07) is 12.7. The molecule has 1 aromatic carbocycles. The maximum Gasteiger partial charge on any atom is 0.329 e. The number of aliphatic hydroxyl groups excluding tert-OH is 1. The number of nitrogens with one attached hydrogen (secondary N) is 2. The summed E-state index contributed by atoms with van der Waals surface area (Å²) < 4.78 is 13.7. The predicted molar refractivity (Wildman–Crippen MR) is 110 cm³/mol. The number of hydrogen-bond donors (Lipinski definition) is 3. The first-order chi connectivity index (χ1) is 14.5. The molecule has 0 aliphatic rings. The normalized spacial score (nSPS) is 12.2. The van der Waals surface area contributed by atoms with Crippen LogP contribution in [0.1, 0.15) is 5.76 Å². The van der Waals surface area contributed by atoms with E-state index in [9.17, 15) is 14.7 Å². The van der Waals surface area contributed by atoms with Crippen LogP contribution in [0.25, 0.3) is 11.2 Å². The highest BCUT2D eigenvalue weighted by Gasteiger charge is 2.20. The maximum atomic E-state index is 12.5. The molecule has 0 aliphatic carbocycles. The highest BCUT2D eigenvalue weighted by molar-refractivity contribution is 5.74. The zero-order valence-corrected chi connectivity index (χ0v) is 16.2. The molecule has 0 saturated heterocycles. The number of H-pyrrole nitrogens is 1. The van der Waals surface area contributed by atoms with Gasteiger partial charge in [0.05, 0.1) is 19.4 Å². The lowest BCUT2D eigenvalue weighted by Gasteiger charge is -2.15. The fraction of sp³-hybridized carbons (Fsp3) is 0.250. The molecule has 1 atom stereocenters. The van der Waals surface area contributed by atoms with Crippen LogP contribution < -0.4 is 21.3 Å². The van der Waals surface area contributed by atoms with Crippen molar-refractivity contribution in [1.29, 1.82) is 0 Å². The Labute approximate surface area is 170 Å². The molecule has 30 heavy (non-hydrogen) atoms. The smallest absolute Gasteiger partial charge is 0.329 e. The van der Waals surface area contributed by atoms with E-state index in [4.69, 9.17) is 9.15 Å². The Kier molecular flexibility index (Phi) is 5.40. The lowest BCUT2D eigenvalue weighted by atomic mass is 10.3. The number of benzene rings is 1. The van der Waals surface area contributed by atoms with Gasteiger partial charge in [0.1, 0.15) is 24.2 Å². The van der Waals surface area contributed by atoms with Crippen LogP contribution in [0, 0.1) is 0 Å². The van der Waals surface area contributed by atoms with Crippen LogP contribution in [0.3, 0.4) is 0 Å². The van der Waals surface area contributed by atoms with E-state index in [2.05, 4.69) is 15.3 Å². The molecule has 0 aliphatic heterocycles. The molecule has 4 aromatic rings. The van der Waals surface area contributed by atoms with Crippen molar-refractivity contribution in [2.75, 3.05) is 11.9 Å². The Bertz CT molecular complexity index is 1240. The Morgan fingerprint density at radius 3 is 2.77 bits per heavy atom. The van der Waals surface area contributed by atoms with Crippen molar-refractivity contribution < 1.29 is 14.3 Å². The number of para-hydroxylation sites is 1. The summed E-state index contributed by atoms with van der Waals surface area (Å²) in [5, 5.41) is 13.6. The average Bonchev–Trinajstić information content (AvgIpc) is 3.38. The van der Waals surface area contributed by atoms with Gasteiger partial charge in [-0.2, -0.15) is 4.98 Å². The predicted octanol–water partition coefficient (Wildman–Crippen LogP) is 1.07. The zero-order chi connectivity index (χ0) is 21.1. The number of aliphatic hydroxyl groups is 1. The van der Waals surface area contributed by atoms with Crippen molar-refractivity contribution in [1.82, 2.24) is 19.1 Å². The molecule has 10 nitrogen and oxygen atoms in total. The number of fused-ring (bicyclic) bond motifs is 1. The number of furan rings is 1. The minimum atomic E-state index is -0.927. The van der Waals surface area contributed by atoms with Crippen molar-refractivity contribution >= 4 is 17.1 Å². The van der Waals surface area contributed by atoms with E-state index in [1.54, 1.807) is 30.5 Å². The van der Waals surface area contributed by atoms with Crippen LogP contribution in [-0.2, 0) is 20.1 Å². The molecule has 0 saturated carbocycles. The van der Waals surface area contributed by atoms with Crippen LogP contribution in [0.4, 0.5) is 5.95 Å². The number of aryl methyl sites for hydroxylation is 1. The van der Waals surface area contributed by atoms with Crippen LogP contribution in [-0.4, -0.2) is 36.9 Å². The first-order valence-corrected chi connectivity index (χ1v) is 9.34. The van der Waals surface area contributed by atoms with Gasteiger partial charge in [-0.05, 0) is 24.3 Å². The van der Waals surface area contributed by atoms with Crippen LogP contribution in [0.15, 0.2) is 62.7 Å². The number of ether oxygens (including phenoxy) is 1. The third-order valence-electron chi connectivity index (χ3n) is 4.59. The van der Waals surface area contributed by atoms with E-state index in [0.29, 0.717) is 24.0 Å². The van der Waals surface area contributed by atoms with Gasteiger partial charge in [0, 0.05) is 7.05 Å². The first-order valence-electron chi connectivity index (χ1n) is 9.34. The van der Waals surface area contributed by atoms with E-state index >= 15 is 0 Å². The minimum Gasteiger partial charge on any atom is -0.491 e. The fourth-order valence-electron chi connectivity index (χ4n) is 3.10. The molecule has 3 aromatic heterocycles. The Morgan fingerprint density at radius 2 is 2.03 bits per heavy atom. The third-order valence-corrected chi connectivity index (χ3v) is 4.59. The quantitative estimate of drug-likeness (QED) is 0.396. The molecule has 3 heterocycles. The molecular weight excluding hydrogens is 390 g/mol. The number of aromatic amines is 1. The standard InChI is InChI=1S/C20H21N5O5/c1-24-17-16(18(27)23-20(24)28)25(19(22-17)21-10-15-8-5-9-29-15)11-13(26)12-30-14-6-3-2-4-7-14/h2-9,13,26H,10-12H2,1H3,(H,21,22)(H,23,27,28)/t13-/m1/s1. The van der Waals surface area contributed by atoms with E-state index in [0.717, 1.165) is 0 Å². The molecule has 3 N–H and O–H groups in total. The summed E-state index contributed by atoms with van der Waals surface area (Å²) >= 11 is 0. The number of aromatic nitrogens is 4. The molecule has 0 spiro atoms. The summed E-state index contributed by atoms with van der Waals surface area (Å²) in [6.45, 7) is 0.370. The second kappa shape index (κ2) is 8.29. The average molecular weight is 411 g/mol. The monoisotopic (exact) mass is 411 g/mol. The molecule has 0 unspecified atom stereocenters. The molecule has 0 radical (unpaired) electrons. The van der Waals surface area contributed by atoms with E-state index in [1.807, 2.05) is 18.2 Å². The summed E-state index contributed by atoms with van der Waals surface area (Å²) in [5.41, 5.74) is -0.759.